The molecule has 2 aromatic heterocycles. The first-order valence-corrected chi connectivity index (χ1v) is 12.3. The summed E-state index contributed by atoms with van der Waals surface area (Å²) in [5.41, 5.74) is 21.3. The Balaban J connectivity index is 1.43. The molecule has 1 saturated heterocycles. The highest BCUT2D eigenvalue weighted by Gasteiger charge is 2.52. The van der Waals surface area contributed by atoms with E-state index in [1.165, 1.54) is 22.9 Å². The van der Waals surface area contributed by atoms with Crippen LogP contribution in [-0.2, 0) is 11.2 Å². The van der Waals surface area contributed by atoms with E-state index < -0.39 is 0 Å². The number of methoxy groups -OCH3 is 1. The molecule has 5 rings (SSSR count). The van der Waals surface area contributed by atoms with Crippen molar-refractivity contribution < 1.29 is 4.74 Å². The van der Waals surface area contributed by atoms with Gasteiger partial charge in [0.25, 0.3) is 0 Å². The van der Waals surface area contributed by atoms with Crippen molar-refractivity contribution in [3.63, 3.8) is 0 Å². The highest BCUT2D eigenvalue weighted by atomic mass is 35.5. The van der Waals surface area contributed by atoms with Gasteiger partial charge in [0.15, 0.2) is 17.3 Å². The van der Waals surface area contributed by atoms with Gasteiger partial charge in [-0.2, -0.15) is 5.26 Å². The number of fused-ring (bicyclic) bond motifs is 1. The van der Waals surface area contributed by atoms with Crippen molar-refractivity contribution in [3.05, 3.63) is 58.4 Å². The fourth-order valence-corrected chi connectivity index (χ4v) is 6.27. The summed E-state index contributed by atoms with van der Waals surface area (Å²) in [5.74, 6) is 0.853. The van der Waals surface area contributed by atoms with Crippen LogP contribution in [0.3, 0.4) is 0 Å². The molecule has 2 unspecified atom stereocenters. The Bertz CT molecular complexity index is 1330. The molecule has 3 aromatic rings. The van der Waals surface area contributed by atoms with Crippen LogP contribution in [0.25, 0.3) is 0 Å². The van der Waals surface area contributed by atoms with Crippen LogP contribution in [0.2, 0.25) is 5.02 Å². The van der Waals surface area contributed by atoms with Gasteiger partial charge >= 0.3 is 0 Å². The van der Waals surface area contributed by atoms with Gasteiger partial charge in [0.05, 0.1) is 11.1 Å². The van der Waals surface area contributed by atoms with E-state index in [0.29, 0.717) is 33.9 Å². The lowest BCUT2D eigenvalue weighted by molar-refractivity contribution is -0.0345. The molecule has 3 heterocycles. The van der Waals surface area contributed by atoms with Gasteiger partial charge in [-0.05, 0) is 30.0 Å². The predicted octanol–water partition coefficient (Wildman–Crippen LogP) is 3.18. The lowest BCUT2D eigenvalue weighted by Gasteiger charge is -2.48. The summed E-state index contributed by atoms with van der Waals surface area (Å²) in [6, 6.07) is 12.1. The summed E-state index contributed by atoms with van der Waals surface area (Å²) in [6.07, 6.45) is 3.05. The van der Waals surface area contributed by atoms with Gasteiger partial charge < -0.3 is 26.8 Å². The Morgan fingerprint density at radius 2 is 2.03 bits per heavy atom. The molecule has 1 aliphatic carbocycles. The van der Waals surface area contributed by atoms with Gasteiger partial charge in [0.2, 0.25) is 0 Å². The molecular weight excluding hydrogens is 484 g/mol. The normalized spacial score (nSPS) is 23.3. The summed E-state index contributed by atoms with van der Waals surface area (Å²) in [6.45, 7) is 1.18. The Hall–Kier alpha value is -3.10. The number of nitriles is 1. The summed E-state index contributed by atoms with van der Waals surface area (Å²) in [4.78, 5) is 15.7. The van der Waals surface area contributed by atoms with Crippen molar-refractivity contribution in [1.29, 1.82) is 5.26 Å². The number of halogens is 1. The third-order valence-electron chi connectivity index (χ3n) is 7.05. The van der Waals surface area contributed by atoms with Gasteiger partial charge in [0, 0.05) is 42.7 Å². The topological polar surface area (TPSA) is 153 Å². The zero-order chi connectivity index (χ0) is 24.7. The fourth-order valence-electron chi connectivity index (χ4n) is 5.23. The van der Waals surface area contributed by atoms with E-state index in [-0.39, 0.29) is 34.9 Å². The van der Waals surface area contributed by atoms with Crippen molar-refractivity contribution in [2.45, 2.75) is 34.9 Å². The number of rotatable bonds is 4. The van der Waals surface area contributed by atoms with Gasteiger partial charge in [0.1, 0.15) is 16.9 Å². The van der Waals surface area contributed by atoms with Crippen LogP contribution in [0.5, 0.6) is 0 Å². The third kappa shape index (κ3) is 3.94. The maximum atomic E-state index is 9.88. The lowest BCUT2D eigenvalue weighted by atomic mass is 9.71. The molecule has 11 heteroatoms. The number of pyridine rings is 1. The maximum absolute atomic E-state index is 9.88. The molecule has 6 N–H and O–H groups in total. The van der Waals surface area contributed by atoms with Crippen LogP contribution in [-0.4, -0.2) is 41.3 Å². The monoisotopic (exact) mass is 508 g/mol. The average molecular weight is 509 g/mol. The molecule has 0 saturated carbocycles. The van der Waals surface area contributed by atoms with E-state index in [1.54, 1.807) is 19.4 Å². The van der Waals surface area contributed by atoms with E-state index in [2.05, 4.69) is 33.2 Å². The van der Waals surface area contributed by atoms with Crippen LogP contribution in [0.1, 0.15) is 29.3 Å². The van der Waals surface area contributed by atoms with Gasteiger partial charge in [-0.25, -0.2) is 15.0 Å². The molecule has 35 heavy (non-hydrogen) atoms. The SMILES string of the molecule is COC1CN(c2nc(N)c(Sc3ccnc(N)c3Cl)nc2C#N)CCC12Cc1ccccc1[C@@H]2N. The third-order valence-corrected chi connectivity index (χ3v) is 8.61. The molecule has 1 fully saturated rings. The number of nitrogens with two attached hydrogens (primary N) is 3. The van der Waals surface area contributed by atoms with Crippen molar-refractivity contribution in [2.24, 2.45) is 11.1 Å². The fraction of sp³-hybridized carbons (Fsp3) is 0.333. The molecule has 9 nitrogen and oxygen atoms in total. The van der Waals surface area contributed by atoms with Gasteiger partial charge in [-0.3, -0.25) is 0 Å². The quantitative estimate of drug-likeness (QED) is 0.478. The van der Waals surface area contributed by atoms with Gasteiger partial charge in [-0.15, -0.1) is 0 Å². The molecule has 180 valence electrons. The molecule has 3 atom stereocenters. The second kappa shape index (κ2) is 9.17. The van der Waals surface area contributed by atoms with E-state index in [0.717, 1.165) is 12.8 Å². The molecule has 0 amide bonds. The number of nitrogen functional groups attached to an aromatic ring is 2. The minimum absolute atomic E-state index is 0.117. The van der Waals surface area contributed by atoms with E-state index in [4.69, 9.17) is 33.5 Å². The van der Waals surface area contributed by atoms with Crippen molar-refractivity contribution in [3.8, 4) is 6.07 Å². The van der Waals surface area contributed by atoms with Crippen molar-refractivity contribution >= 4 is 40.8 Å². The van der Waals surface area contributed by atoms with Crippen LogP contribution >= 0.6 is 23.4 Å². The van der Waals surface area contributed by atoms with Crippen LogP contribution in [0.4, 0.5) is 17.5 Å². The second-order valence-corrected chi connectivity index (χ2v) is 10.2. The number of piperidine rings is 1. The molecule has 2 aliphatic rings. The zero-order valence-electron chi connectivity index (χ0n) is 19.1. The van der Waals surface area contributed by atoms with Crippen LogP contribution < -0.4 is 22.1 Å². The van der Waals surface area contributed by atoms with E-state index in [9.17, 15) is 5.26 Å². The number of benzene rings is 1. The number of hydrogen-bond donors (Lipinski definition) is 3. The average Bonchev–Trinajstić information content (AvgIpc) is 3.15. The van der Waals surface area contributed by atoms with Crippen molar-refractivity contribution in [1.82, 2.24) is 15.0 Å². The summed E-state index contributed by atoms with van der Waals surface area (Å²) in [5, 5.41) is 10.6. The number of hydrogen-bond acceptors (Lipinski definition) is 10. The molecule has 1 spiro atoms. The predicted molar refractivity (Wildman–Crippen MR) is 136 cm³/mol. The minimum Gasteiger partial charge on any atom is -0.382 e. The second-order valence-electron chi connectivity index (χ2n) is 8.82. The van der Waals surface area contributed by atoms with Crippen LogP contribution in [0.15, 0.2) is 46.5 Å². The van der Waals surface area contributed by atoms with E-state index >= 15 is 0 Å². The molecule has 0 bridgehead atoms. The first-order valence-electron chi connectivity index (χ1n) is 11.1. The minimum atomic E-state index is -0.214. The molecule has 0 radical (unpaired) electrons. The first-order chi connectivity index (χ1) is 16.9. The summed E-state index contributed by atoms with van der Waals surface area (Å²) in [7, 11) is 1.71. The molecule has 1 aromatic carbocycles. The number of ether oxygens (including phenoxy) is 1. The summed E-state index contributed by atoms with van der Waals surface area (Å²) < 4.78 is 5.99. The molecule has 1 aliphatic heterocycles. The number of nitrogens with zero attached hydrogens (tertiary/aromatic N) is 5. The number of anilines is 3. The number of aromatic nitrogens is 3. The largest absolute Gasteiger partial charge is 0.382 e. The Labute approximate surface area is 212 Å². The van der Waals surface area contributed by atoms with Crippen molar-refractivity contribution in [2.75, 3.05) is 36.6 Å². The zero-order valence-corrected chi connectivity index (χ0v) is 20.7. The maximum Gasteiger partial charge on any atom is 0.184 e. The standard InChI is InChI=1S/C24H25ClN8OS/c1-34-17-12-33(9-7-24(17)10-13-4-2-3-5-14(13)19(24)27)22-15(11-26)31-23(21(29)32-22)35-16-6-8-30-20(28)18(16)25/h2-6,8,17,19H,7,9-10,12,27H2,1H3,(H2,28,30)(H2,29,32)/t17?,19-,24?/m0/s1. The highest BCUT2D eigenvalue weighted by Crippen LogP contribution is 2.52. The summed E-state index contributed by atoms with van der Waals surface area (Å²) >= 11 is 7.46. The Kier molecular flexibility index (Phi) is 6.19. The smallest absolute Gasteiger partial charge is 0.184 e. The molecular formula is C24H25ClN8OS. The lowest BCUT2D eigenvalue weighted by Crippen LogP contribution is -2.55. The first kappa shape index (κ1) is 23.6. The Morgan fingerprint density at radius 3 is 2.77 bits per heavy atom. The highest BCUT2D eigenvalue weighted by molar-refractivity contribution is 7.99. The van der Waals surface area contributed by atoms with Crippen LogP contribution in [0, 0.1) is 16.7 Å². The Morgan fingerprint density at radius 1 is 1.23 bits per heavy atom. The van der Waals surface area contributed by atoms with Gasteiger partial charge in [-0.1, -0.05) is 47.6 Å². The van der Waals surface area contributed by atoms with E-state index in [1.807, 2.05) is 17.0 Å².